The Bertz CT molecular complexity index is 539. The van der Waals surface area contributed by atoms with Crippen molar-refractivity contribution in [1.29, 1.82) is 0 Å². The quantitative estimate of drug-likeness (QED) is 0.923. The molecule has 0 radical (unpaired) electrons. The molecule has 1 unspecified atom stereocenters. The Morgan fingerprint density at radius 2 is 2.22 bits per heavy atom. The lowest BCUT2D eigenvalue weighted by atomic mass is 10.0. The van der Waals surface area contributed by atoms with E-state index in [1.165, 1.54) is 12.1 Å². The second kappa shape index (κ2) is 5.50. The highest BCUT2D eigenvalue weighted by molar-refractivity contribution is 6.31. The highest BCUT2D eigenvalue weighted by atomic mass is 35.5. The lowest BCUT2D eigenvalue weighted by Gasteiger charge is -2.17. The molecule has 3 nitrogen and oxygen atoms in total. The molecule has 0 bridgehead atoms. The number of hydrogen-bond acceptors (Lipinski definition) is 2. The summed E-state index contributed by atoms with van der Waals surface area (Å²) in [5.41, 5.74) is 1.98. The molecule has 0 saturated carbocycles. The van der Waals surface area contributed by atoms with Crippen LogP contribution in [0.5, 0.6) is 0 Å². The minimum absolute atomic E-state index is 0.0976. The Morgan fingerprint density at radius 3 is 2.78 bits per heavy atom. The van der Waals surface area contributed by atoms with Gasteiger partial charge in [0.2, 0.25) is 0 Å². The van der Waals surface area contributed by atoms with Gasteiger partial charge in [0.1, 0.15) is 5.82 Å². The second-order valence-electron chi connectivity index (χ2n) is 4.16. The van der Waals surface area contributed by atoms with Crippen LogP contribution < -0.4 is 5.32 Å². The van der Waals surface area contributed by atoms with E-state index in [9.17, 15) is 4.39 Å². The normalized spacial score (nSPS) is 12.7. The molecule has 0 aliphatic heterocycles. The van der Waals surface area contributed by atoms with Crippen LogP contribution in [0.2, 0.25) is 5.02 Å². The Labute approximate surface area is 111 Å². The van der Waals surface area contributed by atoms with Gasteiger partial charge in [-0.2, -0.15) is 5.10 Å². The van der Waals surface area contributed by atoms with Crippen LogP contribution in [0.25, 0.3) is 0 Å². The minimum atomic E-state index is -0.315. The van der Waals surface area contributed by atoms with Gasteiger partial charge in [-0.05, 0) is 37.2 Å². The van der Waals surface area contributed by atoms with Crippen molar-refractivity contribution in [2.75, 3.05) is 7.05 Å². The SMILES string of the molecule is CNC(Cc1ccc(F)cc1Cl)c1ccnn1C. The van der Waals surface area contributed by atoms with Gasteiger partial charge in [0.25, 0.3) is 0 Å². The van der Waals surface area contributed by atoms with Gasteiger partial charge in [0.05, 0.1) is 11.7 Å². The van der Waals surface area contributed by atoms with Crippen LogP contribution in [0.4, 0.5) is 4.39 Å². The van der Waals surface area contributed by atoms with Crippen LogP contribution in [0.15, 0.2) is 30.5 Å². The van der Waals surface area contributed by atoms with E-state index >= 15 is 0 Å². The first kappa shape index (κ1) is 13.1. The molecule has 0 amide bonds. The van der Waals surface area contributed by atoms with Gasteiger partial charge in [-0.3, -0.25) is 4.68 Å². The minimum Gasteiger partial charge on any atom is -0.311 e. The molecule has 18 heavy (non-hydrogen) atoms. The molecular weight excluding hydrogens is 253 g/mol. The molecule has 0 fully saturated rings. The smallest absolute Gasteiger partial charge is 0.124 e. The average Bonchev–Trinajstić information content (AvgIpc) is 2.75. The topological polar surface area (TPSA) is 29.9 Å². The maximum absolute atomic E-state index is 13.0. The standard InChI is InChI=1S/C13H15ClFN3/c1-16-12(13-5-6-17-18(13)2)7-9-3-4-10(15)8-11(9)14/h3-6,8,12,16H,7H2,1-2H3. The fraction of sp³-hybridized carbons (Fsp3) is 0.308. The van der Waals surface area contributed by atoms with E-state index in [1.807, 2.05) is 24.8 Å². The first-order chi connectivity index (χ1) is 8.61. The Kier molecular flexibility index (Phi) is 3.99. The maximum Gasteiger partial charge on any atom is 0.124 e. The summed E-state index contributed by atoms with van der Waals surface area (Å²) in [4.78, 5) is 0. The Hall–Kier alpha value is -1.39. The van der Waals surface area contributed by atoms with Crippen LogP contribution in [-0.2, 0) is 13.5 Å². The highest BCUT2D eigenvalue weighted by Gasteiger charge is 2.15. The molecule has 1 N–H and O–H groups in total. The van der Waals surface area contributed by atoms with Crippen molar-refractivity contribution in [3.05, 3.63) is 52.6 Å². The number of nitrogens with zero attached hydrogens (tertiary/aromatic N) is 2. The molecule has 1 aromatic heterocycles. The molecule has 0 spiro atoms. The number of halogens is 2. The van der Waals surface area contributed by atoms with E-state index in [-0.39, 0.29) is 11.9 Å². The first-order valence-electron chi connectivity index (χ1n) is 5.71. The fourth-order valence-electron chi connectivity index (χ4n) is 1.99. The van der Waals surface area contributed by atoms with Gasteiger partial charge in [-0.25, -0.2) is 4.39 Å². The predicted molar refractivity (Wildman–Crippen MR) is 70.1 cm³/mol. The predicted octanol–water partition coefficient (Wildman–Crippen LogP) is 2.72. The summed E-state index contributed by atoms with van der Waals surface area (Å²) < 4.78 is 14.8. The van der Waals surface area contributed by atoms with Crippen molar-refractivity contribution < 1.29 is 4.39 Å². The summed E-state index contributed by atoms with van der Waals surface area (Å²) in [6.07, 6.45) is 2.45. The van der Waals surface area contributed by atoms with Gasteiger partial charge >= 0.3 is 0 Å². The molecule has 0 aliphatic rings. The van der Waals surface area contributed by atoms with Crippen LogP contribution >= 0.6 is 11.6 Å². The van der Waals surface area contributed by atoms with E-state index in [2.05, 4.69) is 10.4 Å². The largest absolute Gasteiger partial charge is 0.311 e. The van der Waals surface area contributed by atoms with Crippen LogP contribution in [-0.4, -0.2) is 16.8 Å². The summed E-state index contributed by atoms with van der Waals surface area (Å²) in [5, 5.41) is 7.83. The summed E-state index contributed by atoms with van der Waals surface area (Å²) in [6, 6.07) is 6.54. The van der Waals surface area contributed by atoms with Crippen molar-refractivity contribution in [2.45, 2.75) is 12.5 Å². The third-order valence-corrected chi connectivity index (χ3v) is 3.36. The second-order valence-corrected chi connectivity index (χ2v) is 4.57. The van der Waals surface area contributed by atoms with Gasteiger partial charge in [0.15, 0.2) is 0 Å². The zero-order chi connectivity index (χ0) is 13.1. The number of hydrogen-bond donors (Lipinski definition) is 1. The molecule has 1 heterocycles. The van der Waals surface area contributed by atoms with Crippen LogP contribution in [0.1, 0.15) is 17.3 Å². The van der Waals surface area contributed by atoms with E-state index in [1.54, 1.807) is 12.3 Å². The maximum atomic E-state index is 13.0. The monoisotopic (exact) mass is 267 g/mol. The molecule has 1 aromatic carbocycles. The number of nitrogens with one attached hydrogen (secondary N) is 1. The van der Waals surface area contributed by atoms with Crippen molar-refractivity contribution in [1.82, 2.24) is 15.1 Å². The average molecular weight is 268 g/mol. The summed E-state index contributed by atoms with van der Waals surface area (Å²) in [7, 11) is 3.78. The van der Waals surface area contributed by atoms with E-state index in [0.717, 1.165) is 11.3 Å². The van der Waals surface area contributed by atoms with E-state index < -0.39 is 0 Å². The van der Waals surface area contributed by atoms with Gasteiger partial charge in [0, 0.05) is 18.3 Å². The molecule has 0 aliphatic carbocycles. The molecule has 1 atom stereocenters. The molecule has 2 rings (SSSR count). The Morgan fingerprint density at radius 1 is 1.44 bits per heavy atom. The number of aryl methyl sites for hydroxylation is 1. The van der Waals surface area contributed by atoms with Crippen molar-refractivity contribution in [3.8, 4) is 0 Å². The molecular formula is C13H15ClFN3. The van der Waals surface area contributed by atoms with Crippen LogP contribution in [0.3, 0.4) is 0 Å². The number of likely N-dealkylation sites (N-methyl/N-ethyl adjacent to an activating group) is 1. The summed E-state index contributed by atoms with van der Waals surface area (Å²) in [6.45, 7) is 0. The van der Waals surface area contributed by atoms with Gasteiger partial charge < -0.3 is 5.32 Å². The number of aromatic nitrogens is 2. The zero-order valence-electron chi connectivity index (χ0n) is 10.3. The summed E-state index contributed by atoms with van der Waals surface area (Å²) >= 11 is 6.04. The Balaban J connectivity index is 2.23. The van der Waals surface area contributed by atoms with E-state index in [4.69, 9.17) is 11.6 Å². The van der Waals surface area contributed by atoms with Crippen molar-refractivity contribution in [3.63, 3.8) is 0 Å². The lowest BCUT2D eigenvalue weighted by molar-refractivity contribution is 0.536. The van der Waals surface area contributed by atoms with Crippen molar-refractivity contribution in [2.24, 2.45) is 7.05 Å². The fourth-order valence-corrected chi connectivity index (χ4v) is 2.23. The molecule has 0 saturated heterocycles. The molecule has 5 heteroatoms. The van der Waals surface area contributed by atoms with Gasteiger partial charge in [-0.15, -0.1) is 0 Å². The first-order valence-corrected chi connectivity index (χ1v) is 6.08. The van der Waals surface area contributed by atoms with Gasteiger partial charge in [-0.1, -0.05) is 17.7 Å². The van der Waals surface area contributed by atoms with E-state index in [0.29, 0.717) is 11.4 Å². The third kappa shape index (κ3) is 2.71. The zero-order valence-corrected chi connectivity index (χ0v) is 11.1. The lowest BCUT2D eigenvalue weighted by Crippen LogP contribution is -2.21. The number of benzene rings is 1. The third-order valence-electron chi connectivity index (χ3n) is 3.00. The van der Waals surface area contributed by atoms with Crippen molar-refractivity contribution >= 4 is 11.6 Å². The number of rotatable bonds is 4. The summed E-state index contributed by atoms with van der Waals surface area (Å²) in [5.74, 6) is -0.315. The van der Waals surface area contributed by atoms with Crippen LogP contribution in [0, 0.1) is 5.82 Å². The molecule has 2 aromatic rings. The highest BCUT2D eigenvalue weighted by Crippen LogP contribution is 2.23. The molecule has 96 valence electrons.